The number of pyridine rings is 1. The molecular weight excluding hydrogens is 435 g/mol. The first-order chi connectivity index (χ1) is 15.0. The number of nitrogens with one attached hydrogen (secondary N) is 2. The Morgan fingerprint density at radius 2 is 2.03 bits per heavy atom. The first kappa shape index (κ1) is 24.4. The van der Waals surface area contributed by atoms with Crippen molar-refractivity contribution in [3.63, 3.8) is 0 Å². The van der Waals surface area contributed by atoms with Crippen molar-refractivity contribution in [2.45, 2.75) is 32.0 Å². The van der Waals surface area contributed by atoms with E-state index >= 15 is 0 Å². The molecule has 10 nitrogen and oxygen atoms in total. The van der Waals surface area contributed by atoms with Crippen LogP contribution in [0.2, 0.25) is 0 Å². The van der Waals surface area contributed by atoms with Gasteiger partial charge in [-0.05, 0) is 18.4 Å². The maximum Gasteiger partial charge on any atom is 0.490 e. The molecule has 13 heteroatoms. The van der Waals surface area contributed by atoms with E-state index in [1.807, 2.05) is 6.07 Å². The number of carbonyl (C=O) groups is 3. The van der Waals surface area contributed by atoms with Gasteiger partial charge in [-0.1, -0.05) is 6.92 Å². The highest BCUT2D eigenvalue weighted by atomic mass is 19.4. The molecule has 4 N–H and O–H groups in total. The van der Waals surface area contributed by atoms with Gasteiger partial charge in [0.1, 0.15) is 17.6 Å². The molecule has 3 rings (SSSR count). The molecule has 0 spiro atoms. The topological polar surface area (TPSA) is 159 Å². The number of halogens is 3. The summed E-state index contributed by atoms with van der Waals surface area (Å²) in [6.07, 6.45) is -1.39. The van der Waals surface area contributed by atoms with Crippen molar-refractivity contribution in [2.75, 3.05) is 18.4 Å². The summed E-state index contributed by atoms with van der Waals surface area (Å²) in [5.41, 5.74) is 1.21. The first-order valence-electron chi connectivity index (χ1n) is 9.36. The van der Waals surface area contributed by atoms with Gasteiger partial charge in [0.05, 0.1) is 11.8 Å². The quantitative estimate of drug-likeness (QED) is 0.547. The number of carboxylic acids is 2. The van der Waals surface area contributed by atoms with Gasteiger partial charge < -0.3 is 25.4 Å². The van der Waals surface area contributed by atoms with Crippen LogP contribution in [0.15, 0.2) is 18.5 Å². The van der Waals surface area contributed by atoms with E-state index in [9.17, 15) is 27.9 Å². The predicted molar refractivity (Wildman–Crippen MR) is 105 cm³/mol. The normalized spacial score (nSPS) is 18.3. The molecule has 0 radical (unpaired) electrons. The number of rotatable bonds is 4. The number of H-pyrrole nitrogens is 1. The van der Waals surface area contributed by atoms with Crippen LogP contribution in [0.3, 0.4) is 0 Å². The number of hydrogen-bond acceptors (Lipinski definition) is 6. The van der Waals surface area contributed by atoms with Gasteiger partial charge in [-0.3, -0.25) is 4.79 Å². The molecule has 0 saturated carbocycles. The Balaban J connectivity index is 0.000000451. The van der Waals surface area contributed by atoms with E-state index in [1.165, 1.54) is 6.20 Å². The van der Waals surface area contributed by atoms with Gasteiger partial charge in [0.2, 0.25) is 5.91 Å². The Morgan fingerprint density at radius 1 is 1.38 bits per heavy atom. The molecule has 2 aromatic heterocycles. The predicted octanol–water partition coefficient (Wildman–Crippen LogP) is 2.46. The molecule has 1 fully saturated rings. The largest absolute Gasteiger partial charge is 0.490 e. The van der Waals surface area contributed by atoms with Crippen LogP contribution in [-0.2, 0) is 9.59 Å². The van der Waals surface area contributed by atoms with E-state index in [0.29, 0.717) is 29.8 Å². The maximum absolute atomic E-state index is 12.0. The van der Waals surface area contributed by atoms with Crippen LogP contribution < -0.4 is 5.32 Å². The van der Waals surface area contributed by atoms with Gasteiger partial charge in [0.15, 0.2) is 0 Å². The van der Waals surface area contributed by atoms with Crippen LogP contribution in [0.1, 0.15) is 30.1 Å². The van der Waals surface area contributed by atoms with Crippen LogP contribution in [0, 0.1) is 17.2 Å². The molecule has 1 aliphatic heterocycles. The Morgan fingerprint density at radius 3 is 2.59 bits per heavy atom. The summed E-state index contributed by atoms with van der Waals surface area (Å²) in [4.78, 5) is 41.3. The zero-order chi connectivity index (χ0) is 24.1. The summed E-state index contributed by atoms with van der Waals surface area (Å²) in [7, 11) is 0. The fraction of sp³-hybridized carbons (Fsp3) is 0.421. The Hall–Kier alpha value is -3.82. The van der Waals surface area contributed by atoms with Crippen LogP contribution in [0.5, 0.6) is 0 Å². The summed E-state index contributed by atoms with van der Waals surface area (Å²) in [6, 6.07) is 3.56. The highest BCUT2D eigenvalue weighted by Gasteiger charge is 2.38. The lowest BCUT2D eigenvalue weighted by molar-refractivity contribution is -0.192. The van der Waals surface area contributed by atoms with Crippen molar-refractivity contribution < 1.29 is 37.8 Å². The molecule has 2 aromatic rings. The second kappa shape index (κ2) is 9.99. The molecule has 0 bridgehead atoms. The molecule has 0 aliphatic carbocycles. The van der Waals surface area contributed by atoms with Crippen molar-refractivity contribution >= 4 is 34.6 Å². The monoisotopic (exact) mass is 455 g/mol. The summed E-state index contributed by atoms with van der Waals surface area (Å²) in [6.45, 7) is 3.12. The molecule has 0 unspecified atom stereocenters. The lowest BCUT2D eigenvalue weighted by atomic mass is 9.92. The highest BCUT2D eigenvalue weighted by Crippen LogP contribution is 2.29. The lowest BCUT2D eigenvalue weighted by Crippen LogP contribution is -2.49. The minimum absolute atomic E-state index is 0.0970. The number of alkyl halides is 3. The highest BCUT2D eigenvalue weighted by molar-refractivity contribution is 6.03. The van der Waals surface area contributed by atoms with Crippen molar-refractivity contribution in [3.05, 3.63) is 24.0 Å². The van der Waals surface area contributed by atoms with E-state index in [-0.39, 0.29) is 29.9 Å². The van der Waals surface area contributed by atoms with Crippen LogP contribution >= 0.6 is 0 Å². The Bertz CT molecular complexity index is 1050. The van der Waals surface area contributed by atoms with Gasteiger partial charge in [-0.15, -0.1) is 0 Å². The number of fused-ring (bicyclic) bond motifs is 1. The minimum atomic E-state index is -5.08. The van der Waals surface area contributed by atoms with Gasteiger partial charge in [-0.25, -0.2) is 14.6 Å². The first-order valence-corrected chi connectivity index (χ1v) is 9.36. The number of piperidine rings is 1. The number of carbonyl (C=O) groups excluding carboxylic acids is 1. The van der Waals surface area contributed by atoms with E-state index in [2.05, 4.69) is 22.2 Å². The Kier molecular flexibility index (Phi) is 7.63. The summed E-state index contributed by atoms with van der Waals surface area (Å²) in [5.74, 6) is -3.75. The average Bonchev–Trinajstić information content (AvgIpc) is 3.18. The van der Waals surface area contributed by atoms with Crippen molar-refractivity contribution in [1.29, 1.82) is 5.26 Å². The number of nitriles is 1. The second-order valence-electron chi connectivity index (χ2n) is 7.09. The molecule has 172 valence electrons. The zero-order valence-electron chi connectivity index (χ0n) is 16.8. The number of aliphatic carboxylic acids is 1. The number of aromatic amines is 1. The van der Waals surface area contributed by atoms with Gasteiger partial charge >= 0.3 is 18.1 Å². The van der Waals surface area contributed by atoms with Gasteiger partial charge in [-0.2, -0.15) is 18.4 Å². The number of carboxylic acid groups (broad SMARTS) is 2. The summed E-state index contributed by atoms with van der Waals surface area (Å²) in [5, 5.41) is 29.3. The average molecular weight is 455 g/mol. The number of nitrogens with zero attached hydrogens (tertiary/aromatic N) is 3. The van der Waals surface area contributed by atoms with E-state index < -0.39 is 18.1 Å². The van der Waals surface area contributed by atoms with E-state index in [0.717, 1.165) is 6.42 Å². The number of aromatic carboxylic acids is 1. The number of amides is 1. The smallest absolute Gasteiger partial charge is 0.478 e. The fourth-order valence-corrected chi connectivity index (χ4v) is 3.17. The molecule has 1 saturated heterocycles. The van der Waals surface area contributed by atoms with Crippen molar-refractivity contribution in [3.8, 4) is 6.07 Å². The molecule has 2 atom stereocenters. The fourth-order valence-electron chi connectivity index (χ4n) is 3.17. The van der Waals surface area contributed by atoms with Crippen molar-refractivity contribution in [2.24, 2.45) is 5.92 Å². The van der Waals surface area contributed by atoms with Crippen LogP contribution in [-0.4, -0.2) is 68.2 Å². The molecule has 1 amide bonds. The minimum Gasteiger partial charge on any atom is -0.478 e. The SMILES string of the molecule is C[C@@H]1CCN(C(=O)CC#N)C[C@@H]1Nc1c(C(=O)O)cnc2[nH]ccc12.O=C(O)C(F)(F)F. The van der Waals surface area contributed by atoms with Crippen molar-refractivity contribution in [1.82, 2.24) is 14.9 Å². The maximum atomic E-state index is 12.0. The third-order valence-electron chi connectivity index (χ3n) is 4.93. The number of aromatic nitrogens is 2. The summed E-state index contributed by atoms with van der Waals surface area (Å²) >= 11 is 0. The molecule has 32 heavy (non-hydrogen) atoms. The molecular formula is C19H20F3N5O5. The number of hydrogen-bond donors (Lipinski definition) is 4. The van der Waals surface area contributed by atoms with Gasteiger partial charge in [0.25, 0.3) is 0 Å². The van der Waals surface area contributed by atoms with Gasteiger partial charge in [0, 0.05) is 36.9 Å². The van der Waals surface area contributed by atoms with Crippen LogP contribution in [0.25, 0.3) is 11.0 Å². The van der Waals surface area contributed by atoms with E-state index in [1.54, 1.807) is 17.2 Å². The Labute approximate surface area is 179 Å². The zero-order valence-corrected chi connectivity index (χ0v) is 16.8. The standard InChI is InChI=1S/C17H19N5O3.C2HF3O2/c1-10-4-7-22(14(23)2-5-18)9-13(10)21-15-11-3-6-19-16(11)20-8-12(15)17(24)25;3-2(4,5)1(6)7/h3,6,8,10,13H,2,4,7,9H2,1H3,(H,24,25)(H2,19,20,21);(H,6,7)/t10-,13+;/m1./s1. The second-order valence-corrected chi connectivity index (χ2v) is 7.09. The molecule has 3 heterocycles. The number of likely N-dealkylation sites (tertiary alicyclic amines) is 1. The number of anilines is 1. The third kappa shape index (κ3) is 5.87. The lowest BCUT2D eigenvalue weighted by Gasteiger charge is -2.38. The van der Waals surface area contributed by atoms with Crippen LogP contribution in [0.4, 0.5) is 18.9 Å². The third-order valence-corrected chi connectivity index (χ3v) is 4.93. The molecule has 0 aromatic carbocycles. The summed E-state index contributed by atoms with van der Waals surface area (Å²) < 4.78 is 31.7. The van der Waals surface area contributed by atoms with E-state index in [4.69, 9.17) is 15.2 Å². The molecule has 1 aliphatic rings.